The lowest BCUT2D eigenvalue weighted by Crippen LogP contribution is -2.49. The fourth-order valence-corrected chi connectivity index (χ4v) is 10.4. The molecule has 4 aromatic heterocycles. The summed E-state index contributed by atoms with van der Waals surface area (Å²) in [6.45, 7) is 13.9. The van der Waals surface area contributed by atoms with Crippen LogP contribution in [0, 0.1) is 0 Å². The molecule has 430 valence electrons. The Bertz CT molecular complexity index is 3580. The lowest BCUT2D eigenvalue weighted by molar-refractivity contribution is -0.0763. The van der Waals surface area contributed by atoms with Crippen molar-refractivity contribution in [1.29, 1.82) is 0 Å². The van der Waals surface area contributed by atoms with Crippen LogP contribution in [0.1, 0.15) is 105 Å². The zero-order valence-corrected chi connectivity index (χ0v) is 49.1. The Morgan fingerprint density at radius 1 is 0.642 bits per heavy atom. The average molecular weight is 1150 g/mol. The van der Waals surface area contributed by atoms with Gasteiger partial charge < -0.3 is 48.2 Å². The monoisotopic (exact) mass is 1150 g/mol. The minimum absolute atomic E-state index is 0.147. The third-order valence-electron chi connectivity index (χ3n) is 13.9. The molecular weight excluding hydrogens is 1080 g/mol. The van der Waals surface area contributed by atoms with Crippen LogP contribution in [0.15, 0.2) is 101 Å². The van der Waals surface area contributed by atoms with Crippen molar-refractivity contribution in [1.82, 2.24) is 43.9 Å². The number of carbonyl (C=O) groups excluding carboxylic acids is 4. The summed E-state index contributed by atoms with van der Waals surface area (Å²) >= 11 is 13.0. The first kappa shape index (κ1) is 59.4. The van der Waals surface area contributed by atoms with E-state index in [2.05, 4.69) is 15.5 Å². The Labute approximate surface area is 480 Å². The number of Topliss-reactive ketones (excluding diaryl/α,β-unsaturated/α-hetero) is 1. The number of halogens is 2. The number of rotatable bonds is 13. The van der Waals surface area contributed by atoms with Crippen molar-refractivity contribution in [3.63, 3.8) is 0 Å². The van der Waals surface area contributed by atoms with Gasteiger partial charge in [-0.3, -0.25) is 24.0 Å². The van der Waals surface area contributed by atoms with Gasteiger partial charge in [-0.05, 0) is 108 Å². The molecule has 3 amide bonds. The zero-order valence-electron chi connectivity index (χ0n) is 47.5. The lowest BCUT2D eigenvalue weighted by atomic mass is 10.1. The van der Waals surface area contributed by atoms with Gasteiger partial charge in [0.15, 0.2) is 5.78 Å². The number of hydroxylamine groups is 2. The van der Waals surface area contributed by atoms with E-state index in [9.17, 15) is 28.8 Å². The summed E-state index contributed by atoms with van der Waals surface area (Å²) in [5, 5.41) is 8.15. The average Bonchev–Trinajstić information content (AvgIpc) is 4.22. The molecule has 2 N–H and O–H groups in total. The van der Waals surface area contributed by atoms with E-state index >= 15 is 0 Å². The fraction of sp³-hybridized carbons (Fsp3) is 0.424. The highest BCUT2D eigenvalue weighted by molar-refractivity contribution is 6.31. The smallest absolute Gasteiger partial charge is 0.407 e. The number of anilines is 2. The summed E-state index contributed by atoms with van der Waals surface area (Å²) in [6.07, 6.45) is 2.43. The molecule has 20 nitrogen and oxygen atoms in total. The SMILES string of the molecule is CON(C)C(=O)c1cc2nc(N3CCC[C@@H](NC(=O)OC(C)(C)C)C3)n(Cc3ccccc3Cl)c2c(=O)n1C.Cn1c(C(=O)Cc2ccccc2)cc2nc(N3CCC[C@@H](NC(=O)OC(C)(C)C)C3)n(Cc3ccccc3Cl)c2c1=O. The first-order chi connectivity index (χ1) is 38.4. The molecule has 0 saturated carbocycles. The van der Waals surface area contributed by atoms with Crippen LogP contribution in [0.3, 0.4) is 0 Å². The molecule has 2 aliphatic heterocycles. The molecule has 2 fully saturated rings. The molecule has 0 radical (unpaired) electrons. The maximum absolute atomic E-state index is 13.9. The molecule has 7 aromatic rings. The molecule has 22 heteroatoms. The van der Waals surface area contributed by atoms with Gasteiger partial charge in [0, 0.05) is 75.9 Å². The van der Waals surface area contributed by atoms with Crippen LogP contribution in [0.25, 0.3) is 22.1 Å². The zero-order chi connectivity index (χ0) is 58.5. The quantitative estimate of drug-likeness (QED) is 0.0817. The van der Waals surface area contributed by atoms with Crippen LogP contribution >= 0.6 is 23.2 Å². The standard InChI is InChI=1S/C32H36ClN5O4.C27H35ClN6O5/c1-32(2,3)42-31(41)34-23-14-10-16-37(20-23)30-35-25-18-26(27(39)17-21-11-6-5-7-12-21)36(4)29(40)28(25)38(30)19-22-13-8-9-15-24(22)33;1-27(2,3)39-26(37)29-18-11-9-13-33(16-18)25-30-20-14-21(23(35)32(5)38-6)31(4)24(36)22(20)34(25)15-17-10-7-8-12-19(17)28/h5-9,11-13,15,18,23H,10,14,16-17,19-20H2,1-4H3,(H,34,41);7-8,10,12,14,18H,9,11,13,15-16H2,1-6H3,(H,29,37)/t23-;18-/m11/s1. The molecule has 9 rings (SSSR count). The van der Waals surface area contributed by atoms with Gasteiger partial charge in [0.2, 0.25) is 11.9 Å². The number of ether oxygens (including phenoxy) is 2. The van der Waals surface area contributed by atoms with Crippen molar-refractivity contribution >= 4 is 81.0 Å². The van der Waals surface area contributed by atoms with Gasteiger partial charge in [-0.15, -0.1) is 0 Å². The van der Waals surface area contributed by atoms with Crippen LogP contribution in [0.5, 0.6) is 0 Å². The number of piperidine rings is 2. The molecule has 0 bridgehead atoms. The molecule has 2 atom stereocenters. The summed E-state index contributed by atoms with van der Waals surface area (Å²) in [4.78, 5) is 97.6. The number of hydrogen-bond donors (Lipinski definition) is 2. The van der Waals surface area contributed by atoms with Gasteiger partial charge in [0.25, 0.3) is 17.0 Å². The normalized spacial score (nSPS) is 15.7. The third-order valence-corrected chi connectivity index (χ3v) is 14.7. The highest BCUT2D eigenvalue weighted by atomic mass is 35.5. The number of pyridine rings is 2. The first-order valence-corrected chi connectivity index (χ1v) is 27.7. The van der Waals surface area contributed by atoms with Crippen molar-refractivity contribution in [3.05, 3.63) is 150 Å². The number of ketones is 1. The Morgan fingerprint density at radius 2 is 1.06 bits per heavy atom. The van der Waals surface area contributed by atoms with E-state index in [1.54, 1.807) is 32.3 Å². The highest BCUT2D eigenvalue weighted by Crippen LogP contribution is 2.30. The Hall–Kier alpha value is -7.68. The molecule has 2 aliphatic rings. The predicted octanol–water partition coefficient (Wildman–Crippen LogP) is 8.92. The van der Waals surface area contributed by atoms with Crippen LogP contribution in [-0.4, -0.2) is 121 Å². The van der Waals surface area contributed by atoms with E-state index in [0.717, 1.165) is 47.4 Å². The number of nitrogens with one attached hydrogen (secondary N) is 2. The van der Waals surface area contributed by atoms with Crippen molar-refractivity contribution in [2.75, 3.05) is 50.1 Å². The van der Waals surface area contributed by atoms with Crippen LogP contribution in [-0.2, 0) is 47.9 Å². The number of nitrogens with zero attached hydrogens (tertiary/aromatic N) is 9. The fourth-order valence-electron chi connectivity index (χ4n) is 10.0. The molecule has 0 unspecified atom stereocenters. The summed E-state index contributed by atoms with van der Waals surface area (Å²) in [5.74, 6) is 0.512. The third kappa shape index (κ3) is 14.3. The van der Waals surface area contributed by atoms with E-state index in [1.807, 2.05) is 128 Å². The number of fused-ring (bicyclic) bond motifs is 2. The van der Waals surface area contributed by atoms with Gasteiger partial charge in [-0.25, -0.2) is 24.6 Å². The van der Waals surface area contributed by atoms with Crippen molar-refractivity contribution in [3.8, 4) is 0 Å². The van der Waals surface area contributed by atoms with Gasteiger partial charge in [-0.2, -0.15) is 0 Å². The molecule has 2 saturated heterocycles. The topological polar surface area (TPSA) is 209 Å². The van der Waals surface area contributed by atoms with Crippen LogP contribution in [0.2, 0.25) is 10.0 Å². The molecule has 6 heterocycles. The van der Waals surface area contributed by atoms with E-state index in [-0.39, 0.29) is 41.1 Å². The molecular formula is C59H71Cl2N11O9. The van der Waals surface area contributed by atoms with Crippen molar-refractivity contribution in [2.45, 2.75) is 110 Å². The second kappa shape index (κ2) is 25.0. The Balaban J connectivity index is 0.000000213. The van der Waals surface area contributed by atoms with E-state index < -0.39 is 29.3 Å². The van der Waals surface area contributed by atoms with E-state index in [0.29, 0.717) is 89.0 Å². The number of carbonyl (C=O) groups is 4. The summed E-state index contributed by atoms with van der Waals surface area (Å²) in [6, 6.07) is 27.4. The number of hydrogen-bond acceptors (Lipinski definition) is 13. The predicted molar refractivity (Wildman–Crippen MR) is 314 cm³/mol. The Morgan fingerprint density at radius 3 is 1.49 bits per heavy atom. The van der Waals surface area contributed by atoms with Gasteiger partial charge >= 0.3 is 12.2 Å². The molecule has 0 spiro atoms. The van der Waals surface area contributed by atoms with Crippen LogP contribution in [0.4, 0.5) is 21.5 Å². The number of amides is 3. The minimum Gasteiger partial charge on any atom is -0.444 e. The number of benzene rings is 3. The van der Waals surface area contributed by atoms with Gasteiger partial charge in [-0.1, -0.05) is 89.9 Å². The lowest BCUT2D eigenvalue weighted by Gasteiger charge is -2.34. The summed E-state index contributed by atoms with van der Waals surface area (Å²) < 4.78 is 17.3. The van der Waals surface area contributed by atoms with Crippen molar-refractivity contribution in [2.24, 2.45) is 14.1 Å². The first-order valence-electron chi connectivity index (χ1n) is 26.9. The van der Waals surface area contributed by atoms with Crippen molar-refractivity contribution < 1.29 is 33.5 Å². The second-order valence-electron chi connectivity index (χ2n) is 22.4. The van der Waals surface area contributed by atoms with E-state index in [1.165, 1.54) is 23.3 Å². The number of alkyl carbamates (subject to hydrolysis) is 2. The molecule has 81 heavy (non-hydrogen) atoms. The number of aromatic nitrogens is 6. The summed E-state index contributed by atoms with van der Waals surface area (Å²) in [5.41, 5.74) is 2.67. The maximum Gasteiger partial charge on any atom is 0.407 e. The number of imidazole rings is 2. The molecule has 3 aromatic carbocycles. The second-order valence-corrected chi connectivity index (χ2v) is 23.2. The largest absolute Gasteiger partial charge is 0.444 e. The highest BCUT2D eigenvalue weighted by Gasteiger charge is 2.32. The summed E-state index contributed by atoms with van der Waals surface area (Å²) in [7, 11) is 6.02. The minimum atomic E-state index is -0.604. The maximum atomic E-state index is 13.9. The van der Waals surface area contributed by atoms with E-state index in [4.69, 9.17) is 47.5 Å². The van der Waals surface area contributed by atoms with Gasteiger partial charge in [0.05, 0.1) is 36.9 Å². The Kier molecular flexibility index (Phi) is 18.3. The molecule has 0 aliphatic carbocycles. The van der Waals surface area contributed by atoms with Gasteiger partial charge in [0.1, 0.15) is 27.9 Å². The van der Waals surface area contributed by atoms with Crippen LogP contribution < -0.4 is 31.6 Å².